The standard InChI is InChI=1S/C9H19N3O3/c1-4-15-5-6(2)11-9(13)7(3)8(10)12-14/h6-7,14H,4-5H2,1-3H3,(H2,10,12)(H,11,13). The molecule has 4 N–H and O–H groups in total. The summed E-state index contributed by atoms with van der Waals surface area (Å²) < 4.78 is 5.14. The van der Waals surface area contributed by atoms with E-state index in [0.29, 0.717) is 13.2 Å². The highest BCUT2D eigenvalue weighted by molar-refractivity contribution is 6.01. The van der Waals surface area contributed by atoms with Gasteiger partial charge in [-0.3, -0.25) is 4.79 Å². The van der Waals surface area contributed by atoms with Gasteiger partial charge in [0.25, 0.3) is 0 Å². The summed E-state index contributed by atoms with van der Waals surface area (Å²) in [4.78, 5) is 11.5. The Labute approximate surface area is 89.5 Å². The zero-order valence-corrected chi connectivity index (χ0v) is 9.36. The maximum absolute atomic E-state index is 11.5. The minimum Gasteiger partial charge on any atom is -0.409 e. The third-order valence-corrected chi connectivity index (χ3v) is 1.91. The van der Waals surface area contributed by atoms with Crippen LogP contribution in [0.15, 0.2) is 5.16 Å². The summed E-state index contributed by atoms with van der Waals surface area (Å²) in [6.45, 7) is 6.33. The number of rotatable bonds is 6. The van der Waals surface area contributed by atoms with Crippen molar-refractivity contribution < 1.29 is 14.7 Å². The molecule has 0 heterocycles. The van der Waals surface area contributed by atoms with Crippen LogP contribution in [0.3, 0.4) is 0 Å². The summed E-state index contributed by atoms with van der Waals surface area (Å²) in [6.07, 6.45) is 0. The number of amidine groups is 1. The average Bonchev–Trinajstić information content (AvgIpc) is 2.23. The molecule has 1 amide bonds. The molecule has 0 spiro atoms. The minimum absolute atomic E-state index is 0.0913. The number of carbonyl (C=O) groups excluding carboxylic acids is 1. The van der Waals surface area contributed by atoms with Crippen molar-refractivity contribution in [2.75, 3.05) is 13.2 Å². The third-order valence-electron chi connectivity index (χ3n) is 1.91. The molecule has 0 aliphatic heterocycles. The highest BCUT2D eigenvalue weighted by Gasteiger charge is 2.18. The molecule has 0 aromatic carbocycles. The Morgan fingerprint density at radius 1 is 1.60 bits per heavy atom. The molecule has 0 fully saturated rings. The van der Waals surface area contributed by atoms with Crippen molar-refractivity contribution in [1.82, 2.24) is 5.32 Å². The molecule has 0 saturated carbocycles. The molecular weight excluding hydrogens is 198 g/mol. The lowest BCUT2D eigenvalue weighted by atomic mass is 10.1. The number of carbonyl (C=O) groups is 1. The number of nitrogens with zero attached hydrogens (tertiary/aromatic N) is 1. The van der Waals surface area contributed by atoms with Crippen molar-refractivity contribution in [3.63, 3.8) is 0 Å². The molecule has 0 aliphatic carbocycles. The van der Waals surface area contributed by atoms with Gasteiger partial charge < -0.3 is 21.0 Å². The summed E-state index contributed by atoms with van der Waals surface area (Å²) in [5, 5.41) is 13.9. The Balaban J connectivity index is 4.01. The van der Waals surface area contributed by atoms with E-state index >= 15 is 0 Å². The smallest absolute Gasteiger partial charge is 0.230 e. The number of ether oxygens (including phenoxy) is 1. The molecule has 0 rings (SSSR count). The first kappa shape index (κ1) is 13.7. The van der Waals surface area contributed by atoms with Crippen LogP contribution in [0, 0.1) is 5.92 Å². The molecule has 6 nitrogen and oxygen atoms in total. The van der Waals surface area contributed by atoms with Gasteiger partial charge in [0, 0.05) is 12.6 Å². The Morgan fingerprint density at radius 3 is 2.67 bits per heavy atom. The second kappa shape index (κ2) is 7.05. The summed E-state index contributed by atoms with van der Waals surface area (Å²) in [6, 6.07) is -0.0913. The molecule has 6 heteroatoms. The molecule has 0 aliphatic rings. The topological polar surface area (TPSA) is 96.9 Å². The SMILES string of the molecule is CCOCC(C)NC(=O)C(C)C(N)=NO. The molecule has 15 heavy (non-hydrogen) atoms. The minimum atomic E-state index is -0.640. The molecule has 2 unspecified atom stereocenters. The van der Waals surface area contributed by atoms with Gasteiger partial charge in [-0.25, -0.2) is 0 Å². The van der Waals surface area contributed by atoms with Crippen molar-refractivity contribution in [1.29, 1.82) is 0 Å². The van der Waals surface area contributed by atoms with Crippen LogP contribution in [0.5, 0.6) is 0 Å². The van der Waals surface area contributed by atoms with Crippen LogP contribution < -0.4 is 11.1 Å². The monoisotopic (exact) mass is 217 g/mol. The Morgan fingerprint density at radius 2 is 2.20 bits per heavy atom. The molecule has 2 atom stereocenters. The predicted octanol–water partition coefficient (Wildman–Crippen LogP) is -0.0899. The van der Waals surface area contributed by atoms with Gasteiger partial charge in [-0.2, -0.15) is 0 Å². The second-order valence-corrected chi connectivity index (χ2v) is 3.32. The maximum Gasteiger partial charge on any atom is 0.230 e. The molecule has 0 radical (unpaired) electrons. The largest absolute Gasteiger partial charge is 0.409 e. The lowest BCUT2D eigenvalue weighted by Gasteiger charge is -2.16. The Hall–Kier alpha value is -1.30. The average molecular weight is 217 g/mol. The van der Waals surface area contributed by atoms with Gasteiger partial charge in [0.05, 0.1) is 12.5 Å². The summed E-state index contributed by atoms with van der Waals surface area (Å²) in [7, 11) is 0. The van der Waals surface area contributed by atoms with Crippen LogP contribution in [0.2, 0.25) is 0 Å². The first-order valence-corrected chi connectivity index (χ1v) is 4.88. The normalized spacial score (nSPS) is 15.8. The van der Waals surface area contributed by atoms with Crippen LogP contribution in [0.1, 0.15) is 20.8 Å². The molecule has 0 aromatic rings. The van der Waals surface area contributed by atoms with E-state index in [1.54, 1.807) is 6.92 Å². The van der Waals surface area contributed by atoms with Gasteiger partial charge in [-0.1, -0.05) is 5.16 Å². The van der Waals surface area contributed by atoms with Gasteiger partial charge in [0.2, 0.25) is 5.91 Å². The van der Waals surface area contributed by atoms with Crippen LogP contribution in [-0.2, 0) is 9.53 Å². The van der Waals surface area contributed by atoms with Crippen molar-refractivity contribution in [3.8, 4) is 0 Å². The molecule has 0 bridgehead atoms. The van der Waals surface area contributed by atoms with Gasteiger partial charge in [0.15, 0.2) is 5.84 Å². The first-order chi connectivity index (χ1) is 7.02. The zero-order valence-electron chi connectivity index (χ0n) is 9.36. The fourth-order valence-corrected chi connectivity index (χ4v) is 0.925. The highest BCUT2D eigenvalue weighted by atomic mass is 16.5. The predicted molar refractivity (Wildman–Crippen MR) is 56.7 cm³/mol. The van der Waals surface area contributed by atoms with Crippen molar-refractivity contribution >= 4 is 11.7 Å². The van der Waals surface area contributed by atoms with Crippen LogP contribution in [0.25, 0.3) is 0 Å². The van der Waals surface area contributed by atoms with E-state index in [4.69, 9.17) is 15.7 Å². The van der Waals surface area contributed by atoms with Gasteiger partial charge in [-0.05, 0) is 20.8 Å². The molecular formula is C9H19N3O3. The van der Waals surface area contributed by atoms with Gasteiger partial charge >= 0.3 is 0 Å². The fourth-order valence-electron chi connectivity index (χ4n) is 0.925. The quantitative estimate of drug-likeness (QED) is 0.251. The van der Waals surface area contributed by atoms with Crippen molar-refractivity contribution in [2.45, 2.75) is 26.8 Å². The van der Waals surface area contributed by atoms with E-state index in [1.807, 2.05) is 13.8 Å². The number of hydrogen-bond donors (Lipinski definition) is 3. The van der Waals surface area contributed by atoms with E-state index < -0.39 is 5.92 Å². The molecule has 88 valence electrons. The van der Waals surface area contributed by atoms with Crippen molar-refractivity contribution in [3.05, 3.63) is 0 Å². The number of hydrogen-bond acceptors (Lipinski definition) is 4. The highest BCUT2D eigenvalue weighted by Crippen LogP contribution is 1.96. The fraction of sp³-hybridized carbons (Fsp3) is 0.778. The number of nitrogens with two attached hydrogens (primary N) is 1. The number of nitrogens with one attached hydrogen (secondary N) is 1. The molecule has 0 aromatic heterocycles. The van der Waals surface area contributed by atoms with E-state index in [2.05, 4.69) is 10.5 Å². The van der Waals surface area contributed by atoms with E-state index in [-0.39, 0.29) is 17.8 Å². The van der Waals surface area contributed by atoms with Crippen LogP contribution in [-0.4, -0.2) is 36.2 Å². The Bertz CT molecular complexity index is 231. The third kappa shape index (κ3) is 5.21. The van der Waals surface area contributed by atoms with Gasteiger partial charge in [-0.15, -0.1) is 0 Å². The number of amides is 1. The summed E-state index contributed by atoms with van der Waals surface area (Å²) in [5.74, 6) is -1.02. The van der Waals surface area contributed by atoms with E-state index in [1.165, 1.54) is 0 Å². The Kier molecular flexibility index (Phi) is 6.44. The zero-order chi connectivity index (χ0) is 11.8. The van der Waals surface area contributed by atoms with Crippen molar-refractivity contribution in [2.24, 2.45) is 16.8 Å². The summed E-state index contributed by atoms with van der Waals surface area (Å²) in [5.41, 5.74) is 5.30. The van der Waals surface area contributed by atoms with Crippen LogP contribution >= 0.6 is 0 Å². The van der Waals surface area contributed by atoms with Crippen LogP contribution in [0.4, 0.5) is 0 Å². The maximum atomic E-state index is 11.5. The van der Waals surface area contributed by atoms with Gasteiger partial charge in [0.1, 0.15) is 0 Å². The number of oxime groups is 1. The first-order valence-electron chi connectivity index (χ1n) is 4.88. The second-order valence-electron chi connectivity index (χ2n) is 3.32. The lowest BCUT2D eigenvalue weighted by Crippen LogP contribution is -2.43. The summed E-state index contributed by atoms with van der Waals surface area (Å²) >= 11 is 0. The van der Waals surface area contributed by atoms with E-state index in [0.717, 1.165) is 0 Å². The lowest BCUT2D eigenvalue weighted by molar-refractivity contribution is -0.123. The van der Waals surface area contributed by atoms with E-state index in [9.17, 15) is 4.79 Å². The molecule has 0 saturated heterocycles.